The van der Waals surface area contributed by atoms with Crippen LogP contribution in [0.5, 0.6) is 0 Å². The van der Waals surface area contributed by atoms with Crippen LogP contribution in [0, 0.1) is 0 Å². The predicted octanol–water partition coefficient (Wildman–Crippen LogP) is 2.54. The van der Waals surface area contributed by atoms with Crippen molar-refractivity contribution >= 4 is 29.9 Å². The van der Waals surface area contributed by atoms with Crippen LogP contribution in [0.25, 0.3) is 0 Å². The predicted molar refractivity (Wildman–Crippen MR) is 81.2 cm³/mol. The van der Waals surface area contributed by atoms with Crippen molar-refractivity contribution in [1.82, 2.24) is 10.6 Å². The van der Waals surface area contributed by atoms with Gasteiger partial charge in [-0.15, -0.1) is 24.0 Å². The van der Waals surface area contributed by atoms with Gasteiger partial charge in [0.25, 0.3) is 0 Å². The standard InChI is InChI=1S/C11H22F3N3O.HI/c1-3-4-8-18-9-7-17-10(15-2)16-6-5-11(12,13)14;/h3-9H2,1-2H3,(H2,15,16,17);1H. The topological polar surface area (TPSA) is 45.6 Å². The molecule has 116 valence electrons. The molecule has 0 atom stereocenters. The SMILES string of the molecule is CCCCOCCNC(=NC)NCCC(F)(F)F.I. The molecule has 0 fully saturated rings. The number of ether oxygens (including phenoxy) is 1. The van der Waals surface area contributed by atoms with Gasteiger partial charge in [0.2, 0.25) is 0 Å². The molecule has 0 aliphatic carbocycles. The Morgan fingerprint density at radius 3 is 2.32 bits per heavy atom. The van der Waals surface area contributed by atoms with E-state index in [-0.39, 0.29) is 30.5 Å². The molecule has 0 bridgehead atoms. The first-order chi connectivity index (χ1) is 8.49. The second-order valence-electron chi connectivity index (χ2n) is 3.76. The van der Waals surface area contributed by atoms with E-state index in [1.807, 2.05) is 0 Å². The van der Waals surface area contributed by atoms with Gasteiger partial charge in [-0.05, 0) is 6.42 Å². The number of nitrogens with zero attached hydrogens (tertiary/aromatic N) is 1. The average Bonchev–Trinajstić information content (AvgIpc) is 2.29. The van der Waals surface area contributed by atoms with E-state index in [1.165, 1.54) is 7.05 Å². The zero-order valence-electron chi connectivity index (χ0n) is 11.3. The quantitative estimate of drug-likeness (QED) is 0.287. The summed E-state index contributed by atoms with van der Waals surface area (Å²) in [5.74, 6) is 0.360. The van der Waals surface area contributed by atoms with Crippen LogP contribution in [0.2, 0.25) is 0 Å². The first-order valence-corrected chi connectivity index (χ1v) is 6.08. The number of hydrogen-bond acceptors (Lipinski definition) is 2. The van der Waals surface area contributed by atoms with Gasteiger partial charge in [-0.25, -0.2) is 0 Å². The fourth-order valence-electron chi connectivity index (χ4n) is 1.13. The van der Waals surface area contributed by atoms with Gasteiger partial charge in [0.05, 0.1) is 13.0 Å². The van der Waals surface area contributed by atoms with Crippen LogP contribution in [-0.2, 0) is 4.74 Å². The van der Waals surface area contributed by atoms with E-state index in [0.29, 0.717) is 25.7 Å². The summed E-state index contributed by atoms with van der Waals surface area (Å²) in [6.07, 6.45) is -2.93. The number of rotatable bonds is 8. The second-order valence-corrected chi connectivity index (χ2v) is 3.76. The minimum Gasteiger partial charge on any atom is -0.380 e. The molecular formula is C11H23F3IN3O. The lowest BCUT2D eigenvalue weighted by Gasteiger charge is -2.12. The molecule has 0 unspecified atom stereocenters. The van der Waals surface area contributed by atoms with Crippen molar-refractivity contribution in [3.63, 3.8) is 0 Å². The number of alkyl halides is 3. The number of aliphatic imine (C=N–C) groups is 1. The summed E-state index contributed by atoms with van der Waals surface area (Å²) in [5, 5.41) is 5.47. The molecule has 0 amide bonds. The Morgan fingerprint density at radius 2 is 1.79 bits per heavy atom. The van der Waals surface area contributed by atoms with Gasteiger partial charge in [-0.2, -0.15) is 13.2 Å². The third-order valence-corrected chi connectivity index (χ3v) is 2.11. The van der Waals surface area contributed by atoms with E-state index < -0.39 is 12.6 Å². The Hall–Kier alpha value is -0.250. The molecule has 0 aliphatic rings. The van der Waals surface area contributed by atoms with Crippen molar-refractivity contribution in [3.8, 4) is 0 Å². The summed E-state index contributed by atoms with van der Waals surface area (Å²) in [7, 11) is 1.51. The minimum atomic E-state index is -4.14. The highest BCUT2D eigenvalue weighted by atomic mass is 127. The van der Waals surface area contributed by atoms with E-state index >= 15 is 0 Å². The highest BCUT2D eigenvalue weighted by molar-refractivity contribution is 14.0. The number of unbranched alkanes of at least 4 members (excludes halogenated alkanes) is 1. The Morgan fingerprint density at radius 1 is 1.16 bits per heavy atom. The summed E-state index contributed by atoms with van der Waals surface area (Å²) in [6, 6.07) is 0. The number of guanidine groups is 1. The molecule has 0 rings (SSSR count). The van der Waals surface area contributed by atoms with E-state index in [2.05, 4.69) is 22.5 Å². The molecule has 2 N–H and O–H groups in total. The molecule has 0 aromatic heterocycles. The van der Waals surface area contributed by atoms with Crippen molar-refractivity contribution in [2.24, 2.45) is 4.99 Å². The number of halogens is 4. The first-order valence-electron chi connectivity index (χ1n) is 6.08. The lowest BCUT2D eigenvalue weighted by atomic mass is 10.4. The van der Waals surface area contributed by atoms with Gasteiger partial charge in [-0.1, -0.05) is 13.3 Å². The Labute approximate surface area is 129 Å². The molecular weight excluding hydrogens is 374 g/mol. The second kappa shape index (κ2) is 12.8. The largest absolute Gasteiger partial charge is 0.390 e. The lowest BCUT2D eigenvalue weighted by Crippen LogP contribution is -2.40. The van der Waals surface area contributed by atoms with Crippen LogP contribution >= 0.6 is 24.0 Å². The van der Waals surface area contributed by atoms with Gasteiger partial charge >= 0.3 is 6.18 Å². The summed E-state index contributed by atoms with van der Waals surface area (Å²) in [4.78, 5) is 3.81. The maximum Gasteiger partial charge on any atom is 0.390 e. The van der Waals surface area contributed by atoms with Gasteiger partial charge in [0, 0.05) is 26.7 Å². The summed E-state index contributed by atoms with van der Waals surface area (Å²) in [5.41, 5.74) is 0. The van der Waals surface area contributed by atoms with Crippen molar-refractivity contribution < 1.29 is 17.9 Å². The van der Waals surface area contributed by atoms with Crippen LogP contribution < -0.4 is 10.6 Å². The van der Waals surface area contributed by atoms with Crippen LogP contribution in [0.3, 0.4) is 0 Å². The van der Waals surface area contributed by atoms with E-state index in [4.69, 9.17) is 4.74 Å². The highest BCUT2D eigenvalue weighted by Gasteiger charge is 2.26. The highest BCUT2D eigenvalue weighted by Crippen LogP contribution is 2.17. The van der Waals surface area contributed by atoms with Gasteiger partial charge in [0.15, 0.2) is 5.96 Å². The van der Waals surface area contributed by atoms with Gasteiger partial charge in [-0.3, -0.25) is 4.99 Å². The van der Waals surface area contributed by atoms with Crippen molar-refractivity contribution in [1.29, 1.82) is 0 Å². The normalized spacial score (nSPS) is 11.9. The average molecular weight is 397 g/mol. The monoisotopic (exact) mass is 397 g/mol. The van der Waals surface area contributed by atoms with E-state index in [9.17, 15) is 13.2 Å². The smallest absolute Gasteiger partial charge is 0.380 e. The number of hydrogen-bond donors (Lipinski definition) is 2. The first kappa shape index (κ1) is 21.1. The van der Waals surface area contributed by atoms with Crippen LogP contribution in [0.4, 0.5) is 13.2 Å². The summed E-state index contributed by atoms with van der Waals surface area (Å²) in [6.45, 7) is 3.64. The Balaban J connectivity index is 0. The fraction of sp³-hybridized carbons (Fsp3) is 0.909. The summed E-state index contributed by atoms with van der Waals surface area (Å²) < 4.78 is 41.0. The molecule has 0 spiro atoms. The van der Waals surface area contributed by atoms with Gasteiger partial charge < -0.3 is 15.4 Å². The molecule has 8 heteroatoms. The third kappa shape index (κ3) is 15.7. The lowest BCUT2D eigenvalue weighted by molar-refractivity contribution is -0.132. The van der Waals surface area contributed by atoms with Crippen molar-refractivity contribution in [2.45, 2.75) is 32.4 Å². The van der Waals surface area contributed by atoms with Crippen LogP contribution in [-0.4, -0.2) is 45.5 Å². The maximum atomic E-state index is 11.9. The molecule has 0 radical (unpaired) electrons. The van der Waals surface area contributed by atoms with Crippen molar-refractivity contribution in [2.75, 3.05) is 33.4 Å². The van der Waals surface area contributed by atoms with Crippen LogP contribution in [0.1, 0.15) is 26.2 Å². The molecule has 0 aromatic carbocycles. The fourth-order valence-corrected chi connectivity index (χ4v) is 1.13. The molecule has 0 saturated heterocycles. The molecule has 0 saturated carbocycles. The van der Waals surface area contributed by atoms with E-state index in [0.717, 1.165) is 12.8 Å². The van der Waals surface area contributed by atoms with Crippen LogP contribution in [0.15, 0.2) is 4.99 Å². The Kier molecular flexibility index (Phi) is 14.1. The Bertz CT molecular complexity index is 238. The molecule has 0 aliphatic heterocycles. The minimum absolute atomic E-state index is 0. The van der Waals surface area contributed by atoms with Crippen molar-refractivity contribution in [3.05, 3.63) is 0 Å². The molecule has 0 aromatic rings. The third-order valence-electron chi connectivity index (χ3n) is 2.11. The zero-order valence-corrected chi connectivity index (χ0v) is 13.7. The molecule has 19 heavy (non-hydrogen) atoms. The maximum absolute atomic E-state index is 11.9. The van der Waals surface area contributed by atoms with E-state index in [1.54, 1.807) is 0 Å². The van der Waals surface area contributed by atoms with Gasteiger partial charge in [0.1, 0.15) is 0 Å². The molecule has 4 nitrogen and oxygen atoms in total. The zero-order chi connectivity index (χ0) is 13.9. The summed E-state index contributed by atoms with van der Waals surface area (Å²) >= 11 is 0. The number of nitrogens with one attached hydrogen (secondary N) is 2. The molecule has 0 heterocycles.